The van der Waals surface area contributed by atoms with Crippen molar-refractivity contribution in [3.8, 4) is 0 Å². The average Bonchev–Trinajstić information content (AvgIpc) is 3.32. The van der Waals surface area contributed by atoms with Crippen molar-refractivity contribution in [2.24, 2.45) is 0 Å². The second kappa shape index (κ2) is 7.09. The lowest BCUT2D eigenvalue weighted by Gasteiger charge is -2.33. The number of carbonyl (C=O) groups is 2. The predicted octanol–water partition coefficient (Wildman–Crippen LogP) is 3.78. The van der Waals surface area contributed by atoms with Crippen molar-refractivity contribution in [2.75, 3.05) is 0 Å². The molecule has 0 unspecified atom stereocenters. The summed E-state index contributed by atoms with van der Waals surface area (Å²) in [6.07, 6.45) is 9.45. The number of hydrogen-bond acceptors (Lipinski definition) is 2. The van der Waals surface area contributed by atoms with Gasteiger partial charge >= 0.3 is 6.97 Å². The van der Waals surface area contributed by atoms with Crippen LogP contribution in [0.1, 0.15) is 22.5 Å². The number of benzene rings is 1. The first kappa shape index (κ1) is 18.7. The van der Waals surface area contributed by atoms with E-state index in [0.29, 0.717) is 29.5 Å². The Bertz CT molecular complexity index is 1170. The molecule has 7 heteroatoms. The molecule has 0 atom stereocenters. The number of allylic oxidation sites excluding steroid dienone is 5. The van der Waals surface area contributed by atoms with E-state index in [1.807, 2.05) is 31.2 Å². The molecule has 0 N–H and O–H groups in total. The minimum absolute atomic E-state index is 0.228. The van der Waals surface area contributed by atoms with Gasteiger partial charge < -0.3 is 17.6 Å². The van der Waals surface area contributed by atoms with Crippen LogP contribution in [0.5, 0.6) is 0 Å². The number of aldehydes is 2. The topological polar surface area (TPSA) is 42.1 Å². The Morgan fingerprint density at radius 3 is 2.31 bits per heavy atom. The molecule has 1 aromatic carbocycles. The quantitative estimate of drug-likeness (QED) is 0.443. The molecule has 4 rings (SSSR count). The largest absolute Gasteiger partial charge is 0.737 e. The fourth-order valence-corrected chi connectivity index (χ4v) is 3.84. The lowest BCUT2D eigenvalue weighted by atomic mass is 9.85. The smallest absolute Gasteiger partial charge is 0.390 e. The molecule has 0 fully saturated rings. The second-order valence-corrected chi connectivity index (χ2v) is 6.85. The van der Waals surface area contributed by atoms with Crippen molar-refractivity contribution >= 4 is 36.9 Å². The Morgan fingerprint density at radius 2 is 1.62 bits per heavy atom. The van der Waals surface area contributed by atoms with Gasteiger partial charge in [0.05, 0.1) is 5.57 Å². The van der Waals surface area contributed by atoms with Gasteiger partial charge in [0.1, 0.15) is 12.6 Å². The summed E-state index contributed by atoms with van der Waals surface area (Å²) in [5.41, 5.74) is 3.74. The van der Waals surface area contributed by atoms with Crippen molar-refractivity contribution in [1.82, 2.24) is 4.48 Å². The molecule has 4 nitrogen and oxygen atoms in total. The molecule has 0 amide bonds. The number of halogens is 2. The van der Waals surface area contributed by atoms with Crippen LogP contribution >= 0.6 is 0 Å². The number of aryl methyl sites for hydroxylation is 1. The predicted molar refractivity (Wildman–Crippen MR) is 110 cm³/mol. The Hall–Kier alpha value is -3.61. The summed E-state index contributed by atoms with van der Waals surface area (Å²) >= 11 is 0. The van der Waals surface area contributed by atoms with Gasteiger partial charge in [0, 0.05) is 29.6 Å². The molecule has 0 radical (unpaired) electrons. The minimum atomic E-state index is -4.24. The van der Waals surface area contributed by atoms with Crippen LogP contribution in [-0.4, -0.2) is 34.2 Å². The van der Waals surface area contributed by atoms with Crippen LogP contribution < -0.4 is 0 Å². The molecule has 2 aliphatic heterocycles. The summed E-state index contributed by atoms with van der Waals surface area (Å²) in [4.78, 5) is 21.5. The highest BCUT2D eigenvalue weighted by atomic mass is 19.2. The van der Waals surface area contributed by atoms with Gasteiger partial charge in [-0.05, 0) is 42.8 Å². The van der Waals surface area contributed by atoms with Gasteiger partial charge in [-0.2, -0.15) is 0 Å². The van der Waals surface area contributed by atoms with E-state index >= 15 is 8.63 Å². The molecule has 3 heterocycles. The van der Waals surface area contributed by atoms with E-state index in [1.165, 1.54) is 24.3 Å². The summed E-state index contributed by atoms with van der Waals surface area (Å²) < 4.78 is 33.4. The molecule has 0 saturated carbocycles. The number of nitrogens with zero attached hydrogens (tertiary/aromatic N) is 2. The SMILES string of the molecule is Cc1ccc(C2=C3C=CC(/C=C/C=O)=[N+]3[B-](F)(F)n3c(/C=C/C=O)ccc32)cc1. The number of rotatable bonds is 5. The highest BCUT2D eigenvalue weighted by Gasteiger charge is 2.54. The minimum Gasteiger partial charge on any atom is -0.390 e. The highest BCUT2D eigenvalue weighted by molar-refractivity contribution is 6.58. The molecular formula is C22H17BF2N2O2. The second-order valence-electron chi connectivity index (χ2n) is 6.85. The third-order valence-corrected chi connectivity index (χ3v) is 5.06. The van der Waals surface area contributed by atoms with Crippen LogP contribution in [0.15, 0.2) is 72.5 Å². The van der Waals surface area contributed by atoms with Crippen LogP contribution in [-0.2, 0) is 9.59 Å². The normalized spacial score (nSPS) is 17.3. The molecule has 2 aliphatic rings. The fourth-order valence-electron chi connectivity index (χ4n) is 3.84. The number of aromatic nitrogens is 1. The van der Waals surface area contributed by atoms with Crippen molar-refractivity contribution in [3.63, 3.8) is 0 Å². The summed E-state index contributed by atoms with van der Waals surface area (Å²) in [7, 11) is 0. The summed E-state index contributed by atoms with van der Waals surface area (Å²) in [5.74, 6) is 0. The molecule has 0 aliphatic carbocycles. The first-order chi connectivity index (χ1) is 14.0. The van der Waals surface area contributed by atoms with E-state index in [-0.39, 0.29) is 11.4 Å². The van der Waals surface area contributed by atoms with Crippen LogP contribution in [0.3, 0.4) is 0 Å². The van der Waals surface area contributed by atoms with Crippen LogP contribution in [0, 0.1) is 6.92 Å². The zero-order chi connectivity index (χ0) is 20.6. The van der Waals surface area contributed by atoms with Crippen LogP contribution in [0.2, 0.25) is 0 Å². The van der Waals surface area contributed by atoms with Gasteiger partial charge in [-0.25, -0.2) is 0 Å². The third kappa shape index (κ3) is 2.95. The van der Waals surface area contributed by atoms with Gasteiger partial charge in [-0.1, -0.05) is 29.8 Å². The zero-order valence-electron chi connectivity index (χ0n) is 15.6. The van der Waals surface area contributed by atoms with Crippen molar-refractivity contribution in [1.29, 1.82) is 0 Å². The van der Waals surface area contributed by atoms with E-state index in [4.69, 9.17) is 0 Å². The first-order valence-electron chi connectivity index (χ1n) is 9.12. The maximum absolute atomic E-state index is 15.7. The Morgan fingerprint density at radius 1 is 0.931 bits per heavy atom. The van der Waals surface area contributed by atoms with E-state index in [0.717, 1.165) is 20.1 Å². The third-order valence-electron chi connectivity index (χ3n) is 5.06. The van der Waals surface area contributed by atoms with Crippen molar-refractivity contribution in [2.45, 2.75) is 6.92 Å². The molecule has 0 spiro atoms. The highest BCUT2D eigenvalue weighted by Crippen LogP contribution is 2.40. The zero-order valence-corrected chi connectivity index (χ0v) is 15.6. The number of hydrogen-bond donors (Lipinski definition) is 0. The Labute approximate surface area is 166 Å². The summed E-state index contributed by atoms with van der Waals surface area (Å²) in [5, 5.41) is 0. The number of fused-ring (bicyclic) bond motifs is 2. The summed E-state index contributed by atoms with van der Waals surface area (Å²) in [6.45, 7) is -2.28. The Kier molecular flexibility index (Phi) is 4.58. The van der Waals surface area contributed by atoms with E-state index < -0.39 is 6.97 Å². The standard InChI is InChI=1S/C22H17BF2N2O2/c1-16-6-8-17(9-7-16)22-20-12-10-18(4-2-14-28)26(20)23(24,25)27-19(5-3-15-29)11-13-21(22)27/h2-15H,1H3/b4-2+,5-3+. The lowest BCUT2D eigenvalue weighted by molar-refractivity contribution is -0.360. The summed E-state index contributed by atoms with van der Waals surface area (Å²) in [6, 6.07) is 10.9. The van der Waals surface area contributed by atoms with Gasteiger partial charge in [0.25, 0.3) is 0 Å². The van der Waals surface area contributed by atoms with Gasteiger partial charge in [-0.3, -0.25) is 9.59 Å². The van der Waals surface area contributed by atoms with Crippen LogP contribution in [0.25, 0.3) is 11.6 Å². The van der Waals surface area contributed by atoms with E-state index in [9.17, 15) is 9.59 Å². The van der Waals surface area contributed by atoms with Gasteiger partial charge in [-0.15, -0.1) is 0 Å². The van der Waals surface area contributed by atoms with Crippen molar-refractivity contribution in [3.05, 3.63) is 95.0 Å². The maximum atomic E-state index is 15.7. The molecule has 1 aromatic heterocycles. The fraction of sp³-hybridized carbons (Fsp3) is 0.0455. The van der Waals surface area contributed by atoms with E-state index in [1.54, 1.807) is 24.3 Å². The molecule has 0 saturated heterocycles. The monoisotopic (exact) mass is 390 g/mol. The van der Waals surface area contributed by atoms with Gasteiger partial charge in [0.2, 0.25) is 0 Å². The molecule has 2 aromatic rings. The first-order valence-corrected chi connectivity index (χ1v) is 9.12. The van der Waals surface area contributed by atoms with Crippen LogP contribution in [0.4, 0.5) is 8.63 Å². The lowest BCUT2D eigenvalue weighted by Crippen LogP contribution is -2.51. The molecule has 0 bridgehead atoms. The van der Waals surface area contributed by atoms with E-state index in [2.05, 4.69) is 0 Å². The molecule has 29 heavy (non-hydrogen) atoms. The molecular weight excluding hydrogens is 373 g/mol. The molecule has 144 valence electrons. The number of carbonyl (C=O) groups excluding carboxylic acids is 2. The maximum Gasteiger partial charge on any atom is 0.737 e. The van der Waals surface area contributed by atoms with Crippen molar-refractivity contribution < 1.29 is 22.7 Å². The van der Waals surface area contributed by atoms with Gasteiger partial charge in [0.15, 0.2) is 11.4 Å². The Balaban J connectivity index is 2.06. The average molecular weight is 390 g/mol.